The quantitative estimate of drug-likeness (QED) is 0.680. The fraction of sp³-hybridized carbons (Fsp3) is 0.800. The van der Waals surface area contributed by atoms with E-state index in [0.29, 0.717) is 32.6 Å². The van der Waals surface area contributed by atoms with E-state index in [1.807, 2.05) is 20.8 Å². The van der Waals surface area contributed by atoms with Gasteiger partial charge in [0.25, 0.3) is 0 Å². The highest BCUT2D eigenvalue weighted by Crippen LogP contribution is 1.88. The molecule has 0 atom stereocenters. The molecule has 0 aliphatic rings. The predicted octanol–water partition coefficient (Wildman–Crippen LogP) is 0.564. The van der Waals surface area contributed by atoms with Crippen LogP contribution in [0.4, 0.5) is 4.79 Å². The van der Waals surface area contributed by atoms with Crippen LogP contribution in [-0.2, 0) is 4.79 Å². The monoisotopic (exact) mass is 215 g/mol. The standard InChI is InChI=1S/C10H21N3O2/c1-4-11-9(14)7-8-12-10(15)13(5-2)6-3/h4-8H2,1-3H3,(H,11,14)(H,12,15). The van der Waals surface area contributed by atoms with Gasteiger partial charge in [-0.15, -0.1) is 0 Å². The Morgan fingerprint density at radius 1 is 1.07 bits per heavy atom. The second-order valence-electron chi connectivity index (χ2n) is 3.11. The topological polar surface area (TPSA) is 61.4 Å². The first kappa shape index (κ1) is 13.7. The van der Waals surface area contributed by atoms with Crippen molar-refractivity contribution in [2.45, 2.75) is 27.2 Å². The van der Waals surface area contributed by atoms with Crippen LogP contribution in [0.1, 0.15) is 27.2 Å². The summed E-state index contributed by atoms with van der Waals surface area (Å²) in [5.41, 5.74) is 0. The Hall–Kier alpha value is -1.26. The fourth-order valence-corrected chi connectivity index (χ4v) is 1.19. The predicted molar refractivity (Wildman–Crippen MR) is 59.6 cm³/mol. The zero-order valence-electron chi connectivity index (χ0n) is 9.80. The lowest BCUT2D eigenvalue weighted by atomic mass is 10.4. The van der Waals surface area contributed by atoms with Gasteiger partial charge in [-0.3, -0.25) is 4.79 Å². The molecule has 0 spiro atoms. The first-order chi connectivity index (χ1) is 7.15. The van der Waals surface area contributed by atoms with Crippen LogP contribution in [0.2, 0.25) is 0 Å². The molecule has 0 fully saturated rings. The van der Waals surface area contributed by atoms with Crippen LogP contribution in [0.3, 0.4) is 0 Å². The van der Waals surface area contributed by atoms with Crippen molar-refractivity contribution < 1.29 is 9.59 Å². The third-order valence-corrected chi connectivity index (χ3v) is 2.05. The molecule has 5 heteroatoms. The van der Waals surface area contributed by atoms with E-state index in [2.05, 4.69) is 10.6 Å². The Morgan fingerprint density at radius 2 is 1.67 bits per heavy atom. The molecule has 0 aliphatic carbocycles. The minimum atomic E-state index is -0.107. The van der Waals surface area contributed by atoms with E-state index in [1.54, 1.807) is 4.90 Å². The van der Waals surface area contributed by atoms with E-state index < -0.39 is 0 Å². The van der Waals surface area contributed by atoms with Crippen molar-refractivity contribution in [2.24, 2.45) is 0 Å². The van der Waals surface area contributed by atoms with E-state index in [-0.39, 0.29) is 11.9 Å². The lowest BCUT2D eigenvalue weighted by molar-refractivity contribution is -0.120. The number of nitrogens with zero attached hydrogens (tertiary/aromatic N) is 1. The molecular formula is C10H21N3O2. The molecule has 0 rings (SSSR count). The summed E-state index contributed by atoms with van der Waals surface area (Å²) in [5.74, 6) is -0.0302. The molecule has 0 saturated heterocycles. The number of rotatable bonds is 6. The van der Waals surface area contributed by atoms with Crippen LogP contribution >= 0.6 is 0 Å². The fourth-order valence-electron chi connectivity index (χ4n) is 1.19. The van der Waals surface area contributed by atoms with E-state index in [4.69, 9.17) is 0 Å². The Balaban J connectivity index is 3.67. The first-order valence-electron chi connectivity index (χ1n) is 5.45. The average Bonchev–Trinajstić information content (AvgIpc) is 2.20. The molecule has 0 aromatic rings. The minimum absolute atomic E-state index is 0.0302. The summed E-state index contributed by atoms with van der Waals surface area (Å²) >= 11 is 0. The van der Waals surface area contributed by atoms with Gasteiger partial charge in [0.05, 0.1) is 0 Å². The summed E-state index contributed by atoms with van der Waals surface area (Å²) in [5, 5.41) is 5.37. The van der Waals surface area contributed by atoms with Crippen molar-refractivity contribution in [3.63, 3.8) is 0 Å². The maximum Gasteiger partial charge on any atom is 0.317 e. The zero-order chi connectivity index (χ0) is 11.7. The van der Waals surface area contributed by atoms with Gasteiger partial charge < -0.3 is 15.5 Å². The SMILES string of the molecule is CCNC(=O)CCNC(=O)N(CC)CC. The minimum Gasteiger partial charge on any atom is -0.356 e. The molecule has 15 heavy (non-hydrogen) atoms. The summed E-state index contributed by atoms with van der Waals surface area (Å²) in [4.78, 5) is 24.2. The highest BCUT2D eigenvalue weighted by Gasteiger charge is 2.08. The third-order valence-electron chi connectivity index (χ3n) is 2.05. The highest BCUT2D eigenvalue weighted by molar-refractivity contribution is 5.78. The number of carbonyl (C=O) groups is 2. The molecule has 0 heterocycles. The Kier molecular flexibility index (Phi) is 7.40. The number of hydrogen-bond donors (Lipinski definition) is 2. The van der Waals surface area contributed by atoms with Crippen molar-refractivity contribution in [3.8, 4) is 0 Å². The second kappa shape index (κ2) is 8.08. The van der Waals surface area contributed by atoms with Gasteiger partial charge in [0, 0.05) is 32.6 Å². The highest BCUT2D eigenvalue weighted by atomic mass is 16.2. The number of nitrogens with one attached hydrogen (secondary N) is 2. The molecular weight excluding hydrogens is 194 g/mol. The van der Waals surface area contributed by atoms with Crippen molar-refractivity contribution in [1.29, 1.82) is 0 Å². The Labute approximate surface area is 91.2 Å². The van der Waals surface area contributed by atoms with Crippen LogP contribution in [0.25, 0.3) is 0 Å². The Bertz CT molecular complexity index is 203. The van der Waals surface area contributed by atoms with Crippen molar-refractivity contribution in [3.05, 3.63) is 0 Å². The maximum absolute atomic E-state index is 11.4. The largest absolute Gasteiger partial charge is 0.356 e. The zero-order valence-corrected chi connectivity index (χ0v) is 9.80. The van der Waals surface area contributed by atoms with E-state index in [1.165, 1.54) is 0 Å². The molecule has 5 nitrogen and oxygen atoms in total. The van der Waals surface area contributed by atoms with Gasteiger partial charge in [0.15, 0.2) is 0 Å². The average molecular weight is 215 g/mol. The second-order valence-corrected chi connectivity index (χ2v) is 3.11. The molecule has 2 N–H and O–H groups in total. The molecule has 88 valence electrons. The van der Waals surface area contributed by atoms with Gasteiger partial charge in [-0.05, 0) is 20.8 Å². The Morgan fingerprint density at radius 3 is 2.13 bits per heavy atom. The third kappa shape index (κ3) is 5.93. The number of hydrogen-bond acceptors (Lipinski definition) is 2. The van der Waals surface area contributed by atoms with Gasteiger partial charge in [0.2, 0.25) is 5.91 Å². The number of carbonyl (C=O) groups excluding carboxylic acids is 2. The van der Waals surface area contributed by atoms with Gasteiger partial charge in [-0.1, -0.05) is 0 Å². The van der Waals surface area contributed by atoms with Crippen LogP contribution < -0.4 is 10.6 Å². The van der Waals surface area contributed by atoms with Crippen LogP contribution in [0.15, 0.2) is 0 Å². The van der Waals surface area contributed by atoms with Crippen LogP contribution in [0.5, 0.6) is 0 Å². The van der Waals surface area contributed by atoms with Crippen molar-refractivity contribution in [2.75, 3.05) is 26.2 Å². The van der Waals surface area contributed by atoms with E-state index >= 15 is 0 Å². The molecule has 3 amide bonds. The van der Waals surface area contributed by atoms with E-state index in [0.717, 1.165) is 0 Å². The van der Waals surface area contributed by atoms with Crippen molar-refractivity contribution >= 4 is 11.9 Å². The molecule has 0 saturated carbocycles. The molecule has 0 radical (unpaired) electrons. The summed E-state index contributed by atoms with van der Waals surface area (Å²) in [7, 11) is 0. The smallest absolute Gasteiger partial charge is 0.317 e. The van der Waals surface area contributed by atoms with Gasteiger partial charge in [0.1, 0.15) is 0 Å². The van der Waals surface area contributed by atoms with E-state index in [9.17, 15) is 9.59 Å². The lowest BCUT2D eigenvalue weighted by Gasteiger charge is -2.18. The lowest BCUT2D eigenvalue weighted by Crippen LogP contribution is -2.41. The number of amides is 3. The maximum atomic E-state index is 11.4. The van der Waals surface area contributed by atoms with Crippen molar-refractivity contribution in [1.82, 2.24) is 15.5 Å². The number of urea groups is 1. The molecule has 0 bridgehead atoms. The summed E-state index contributed by atoms with van der Waals surface area (Å²) in [6.07, 6.45) is 0.334. The van der Waals surface area contributed by atoms with Gasteiger partial charge in [-0.2, -0.15) is 0 Å². The molecule has 0 aliphatic heterocycles. The van der Waals surface area contributed by atoms with Gasteiger partial charge >= 0.3 is 6.03 Å². The molecule has 0 aromatic carbocycles. The molecule has 0 unspecified atom stereocenters. The molecule has 0 aromatic heterocycles. The summed E-state index contributed by atoms with van der Waals surface area (Å²) in [6, 6.07) is -0.107. The van der Waals surface area contributed by atoms with Crippen LogP contribution in [-0.4, -0.2) is 43.0 Å². The van der Waals surface area contributed by atoms with Gasteiger partial charge in [-0.25, -0.2) is 4.79 Å². The summed E-state index contributed by atoms with van der Waals surface area (Å²) in [6.45, 7) is 8.10. The first-order valence-corrected chi connectivity index (χ1v) is 5.45. The summed E-state index contributed by atoms with van der Waals surface area (Å²) < 4.78 is 0. The normalized spacial score (nSPS) is 9.53. The van der Waals surface area contributed by atoms with Crippen LogP contribution in [0, 0.1) is 0 Å².